The zero-order valence-electron chi connectivity index (χ0n) is 21.8. The molecule has 2 aliphatic rings. The smallest absolute Gasteiger partial charge is 0.209 e. The first kappa shape index (κ1) is 24.8. The molecule has 2 nitrogen and oxygen atoms in total. The number of hydrogen-bond donors (Lipinski definition) is 0. The van der Waals surface area contributed by atoms with Crippen molar-refractivity contribution in [3.63, 3.8) is 0 Å². The molecule has 2 aromatic carbocycles. The molecule has 2 aliphatic heterocycles. The second-order valence-corrected chi connectivity index (χ2v) is 9.45. The number of anilines is 1. The second kappa shape index (κ2) is 9.95. The molecule has 33 heavy (non-hydrogen) atoms. The van der Waals surface area contributed by atoms with Gasteiger partial charge in [-0.1, -0.05) is 82.3 Å². The Labute approximate surface area is 201 Å². The first-order valence-electron chi connectivity index (χ1n) is 12.5. The van der Waals surface area contributed by atoms with Gasteiger partial charge in [0.15, 0.2) is 5.71 Å². The van der Waals surface area contributed by atoms with Gasteiger partial charge in [-0.2, -0.15) is 4.58 Å². The number of benzene rings is 2. The fourth-order valence-corrected chi connectivity index (χ4v) is 5.32. The predicted molar refractivity (Wildman–Crippen MR) is 145 cm³/mol. The van der Waals surface area contributed by atoms with E-state index in [2.05, 4.69) is 130 Å². The fraction of sp³-hybridized carbons (Fsp3) is 0.387. The minimum atomic E-state index is 0.0174. The largest absolute Gasteiger partial charge is 0.344 e. The molecule has 0 N–H and O–H groups in total. The number of likely N-dealkylation sites (N-methyl/N-ethyl adjacent to an activating group) is 1. The Morgan fingerprint density at radius 3 is 2.09 bits per heavy atom. The van der Waals surface area contributed by atoms with Crippen molar-refractivity contribution in [1.29, 1.82) is 0 Å². The molecule has 0 atom stereocenters. The summed E-state index contributed by atoms with van der Waals surface area (Å²) in [5, 5.41) is 0. The van der Waals surface area contributed by atoms with Crippen molar-refractivity contribution in [2.75, 3.05) is 18.0 Å². The summed E-state index contributed by atoms with van der Waals surface area (Å²) in [5.74, 6) is 0. The summed E-state index contributed by atoms with van der Waals surface area (Å²) in [6.45, 7) is 19.7. The van der Waals surface area contributed by atoms with E-state index in [0.717, 1.165) is 13.1 Å². The number of nitrogens with zero attached hydrogens (tertiary/aromatic N) is 2. The van der Waals surface area contributed by atoms with Gasteiger partial charge in [0.05, 0.1) is 5.41 Å². The molecular formula is C31H41N2+. The second-order valence-electron chi connectivity index (χ2n) is 9.45. The Hall–Kier alpha value is -2.87. The number of fused-ring (bicyclic) bond motifs is 2. The van der Waals surface area contributed by atoms with E-state index >= 15 is 0 Å². The first-order chi connectivity index (χ1) is 15.8. The molecule has 0 saturated carbocycles. The zero-order valence-corrected chi connectivity index (χ0v) is 21.8. The third-order valence-corrected chi connectivity index (χ3v) is 6.96. The van der Waals surface area contributed by atoms with Gasteiger partial charge in [0.2, 0.25) is 5.69 Å². The SMILES string of the molecule is CC.CCN1/C(=C/C=C/C=C/C2=[N+](CC)c3ccccc3C2(C)C)C(C)(C)c2ccccc21. The standard InChI is InChI=1S/C29H35N2.C2H6/c1-7-30-24-18-14-12-16-22(24)28(3,4)26(30)20-10-9-11-21-27-29(5,6)23-17-13-15-19-25(23)31(27)8-2;1-2/h9-21H,7-8H2,1-6H3;1-2H3/q+1;. The summed E-state index contributed by atoms with van der Waals surface area (Å²) in [4.78, 5) is 2.44. The molecule has 0 aromatic heterocycles. The van der Waals surface area contributed by atoms with E-state index in [1.165, 1.54) is 33.9 Å². The van der Waals surface area contributed by atoms with E-state index in [9.17, 15) is 0 Å². The molecule has 0 bridgehead atoms. The van der Waals surface area contributed by atoms with Gasteiger partial charge in [0.25, 0.3) is 0 Å². The van der Waals surface area contributed by atoms with E-state index in [0.29, 0.717) is 0 Å². The maximum Gasteiger partial charge on any atom is 0.209 e. The summed E-state index contributed by atoms with van der Waals surface area (Å²) in [6.07, 6.45) is 11.1. The van der Waals surface area contributed by atoms with Crippen molar-refractivity contribution in [1.82, 2.24) is 0 Å². The first-order valence-corrected chi connectivity index (χ1v) is 12.5. The minimum absolute atomic E-state index is 0.0174. The summed E-state index contributed by atoms with van der Waals surface area (Å²) in [7, 11) is 0. The normalized spacial score (nSPS) is 19.3. The Balaban J connectivity index is 0.00000149. The number of rotatable bonds is 5. The molecule has 0 fully saturated rings. The maximum absolute atomic E-state index is 2.44. The number of para-hydroxylation sites is 2. The van der Waals surface area contributed by atoms with Crippen LogP contribution in [0.2, 0.25) is 0 Å². The Kier molecular flexibility index (Phi) is 7.47. The van der Waals surface area contributed by atoms with Crippen LogP contribution in [0.4, 0.5) is 11.4 Å². The van der Waals surface area contributed by atoms with E-state index in [4.69, 9.17) is 0 Å². The van der Waals surface area contributed by atoms with Crippen LogP contribution in [0.3, 0.4) is 0 Å². The topological polar surface area (TPSA) is 6.25 Å². The third kappa shape index (κ3) is 4.24. The fourth-order valence-electron chi connectivity index (χ4n) is 5.32. The average molecular weight is 442 g/mol. The highest BCUT2D eigenvalue weighted by atomic mass is 15.2. The zero-order chi connectivity index (χ0) is 24.2. The minimum Gasteiger partial charge on any atom is -0.344 e. The third-order valence-electron chi connectivity index (χ3n) is 6.96. The van der Waals surface area contributed by atoms with Gasteiger partial charge in [-0.05, 0) is 45.4 Å². The monoisotopic (exact) mass is 441 g/mol. The molecule has 2 heterocycles. The highest BCUT2D eigenvalue weighted by Crippen LogP contribution is 2.47. The molecule has 174 valence electrons. The Morgan fingerprint density at radius 1 is 0.788 bits per heavy atom. The molecular weight excluding hydrogens is 400 g/mol. The Bertz CT molecular complexity index is 1110. The molecule has 0 aliphatic carbocycles. The van der Waals surface area contributed by atoms with Gasteiger partial charge in [-0.25, -0.2) is 0 Å². The van der Waals surface area contributed by atoms with Crippen LogP contribution in [-0.2, 0) is 10.8 Å². The van der Waals surface area contributed by atoms with Crippen LogP contribution < -0.4 is 4.90 Å². The van der Waals surface area contributed by atoms with Crippen molar-refractivity contribution in [2.45, 2.75) is 66.2 Å². The van der Waals surface area contributed by atoms with Gasteiger partial charge < -0.3 is 4.90 Å². The summed E-state index contributed by atoms with van der Waals surface area (Å²) < 4.78 is 2.44. The van der Waals surface area contributed by atoms with Gasteiger partial charge in [0.1, 0.15) is 6.54 Å². The van der Waals surface area contributed by atoms with Gasteiger partial charge in [-0.15, -0.1) is 0 Å². The van der Waals surface area contributed by atoms with Gasteiger partial charge in [0, 0.05) is 41.1 Å². The molecule has 0 unspecified atom stereocenters. The van der Waals surface area contributed by atoms with Crippen LogP contribution in [0.25, 0.3) is 0 Å². The molecule has 2 aromatic rings. The van der Waals surface area contributed by atoms with E-state index in [-0.39, 0.29) is 10.8 Å². The molecule has 0 spiro atoms. The van der Waals surface area contributed by atoms with Crippen molar-refractivity contribution < 1.29 is 4.58 Å². The van der Waals surface area contributed by atoms with Crippen molar-refractivity contribution in [3.05, 3.63) is 95.7 Å². The van der Waals surface area contributed by atoms with Crippen LogP contribution in [0.5, 0.6) is 0 Å². The van der Waals surface area contributed by atoms with Crippen LogP contribution in [0.1, 0.15) is 66.5 Å². The summed E-state index contributed by atoms with van der Waals surface area (Å²) in [5.41, 5.74) is 8.25. The maximum atomic E-state index is 2.44. The average Bonchev–Trinajstić information content (AvgIpc) is 3.18. The highest BCUT2D eigenvalue weighted by Gasteiger charge is 2.43. The summed E-state index contributed by atoms with van der Waals surface area (Å²) >= 11 is 0. The number of hydrogen-bond acceptors (Lipinski definition) is 1. The molecule has 0 saturated heterocycles. The quantitative estimate of drug-likeness (QED) is 0.337. The van der Waals surface area contributed by atoms with Crippen molar-refractivity contribution >= 4 is 17.1 Å². The summed E-state index contributed by atoms with van der Waals surface area (Å²) in [6, 6.07) is 17.6. The van der Waals surface area contributed by atoms with E-state index in [1.807, 2.05) is 13.8 Å². The van der Waals surface area contributed by atoms with E-state index < -0.39 is 0 Å². The van der Waals surface area contributed by atoms with Gasteiger partial charge in [-0.3, -0.25) is 0 Å². The Morgan fingerprint density at radius 2 is 1.42 bits per heavy atom. The van der Waals surface area contributed by atoms with Crippen LogP contribution >= 0.6 is 0 Å². The van der Waals surface area contributed by atoms with Gasteiger partial charge >= 0.3 is 0 Å². The molecule has 2 heteroatoms. The van der Waals surface area contributed by atoms with Crippen molar-refractivity contribution in [2.24, 2.45) is 0 Å². The number of allylic oxidation sites excluding steroid dienone is 6. The molecule has 0 amide bonds. The highest BCUT2D eigenvalue weighted by molar-refractivity contribution is 6.03. The van der Waals surface area contributed by atoms with Crippen molar-refractivity contribution in [3.8, 4) is 0 Å². The predicted octanol–water partition coefficient (Wildman–Crippen LogP) is 7.92. The molecule has 4 rings (SSSR count). The lowest BCUT2D eigenvalue weighted by molar-refractivity contribution is -0.433. The lowest BCUT2D eigenvalue weighted by atomic mass is 9.81. The van der Waals surface area contributed by atoms with E-state index in [1.54, 1.807) is 0 Å². The van der Waals surface area contributed by atoms with Crippen LogP contribution in [0, 0.1) is 0 Å². The molecule has 0 radical (unpaired) electrons. The lowest BCUT2D eigenvalue weighted by Crippen LogP contribution is -2.27. The van der Waals surface area contributed by atoms with Crippen LogP contribution in [-0.4, -0.2) is 23.4 Å². The lowest BCUT2D eigenvalue weighted by Gasteiger charge is -2.25. The van der Waals surface area contributed by atoms with Crippen LogP contribution in [0.15, 0.2) is 84.6 Å².